The van der Waals surface area contributed by atoms with Gasteiger partial charge in [-0.3, -0.25) is 5.10 Å². The van der Waals surface area contributed by atoms with Gasteiger partial charge in [0.25, 0.3) is 0 Å². The van der Waals surface area contributed by atoms with Crippen LogP contribution >= 0.6 is 0 Å². The molecule has 0 amide bonds. The number of nitrogens with zero attached hydrogens (tertiary/aromatic N) is 1. The van der Waals surface area contributed by atoms with E-state index in [9.17, 15) is 18.0 Å². The number of halogens is 3. The zero-order chi connectivity index (χ0) is 13.9. The summed E-state index contributed by atoms with van der Waals surface area (Å²) in [5.74, 6) is -0.895. The molecule has 0 bridgehead atoms. The number of carbonyl (C=O) groups is 1. The molecule has 0 aliphatic heterocycles. The molecule has 18 heavy (non-hydrogen) atoms. The number of H-pyrrole nitrogens is 1. The fraction of sp³-hybridized carbons (Fsp3) is 0.636. The lowest BCUT2D eigenvalue weighted by molar-refractivity contribution is -0.141. The second-order valence-electron chi connectivity index (χ2n) is 4.24. The smallest absolute Gasteiger partial charge is 0.436 e. The Hall–Kier alpha value is -1.53. The van der Waals surface area contributed by atoms with E-state index in [2.05, 4.69) is 14.9 Å². The number of hydrogen-bond acceptors (Lipinski definition) is 3. The molecule has 0 saturated carbocycles. The van der Waals surface area contributed by atoms with Gasteiger partial charge in [-0.05, 0) is 19.3 Å². The van der Waals surface area contributed by atoms with Crippen molar-refractivity contribution in [3.63, 3.8) is 0 Å². The quantitative estimate of drug-likeness (QED) is 0.851. The molecule has 1 aromatic rings. The molecule has 1 rings (SSSR count). The van der Waals surface area contributed by atoms with Gasteiger partial charge in [0.2, 0.25) is 0 Å². The van der Waals surface area contributed by atoms with Crippen molar-refractivity contribution in [3.05, 3.63) is 17.0 Å². The second kappa shape index (κ2) is 5.41. The molecular formula is C11H15F3N2O2. The van der Waals surface area contributed by atoms with E-state index in [1.807, 2.05) is 13.8 Å². The number of aromatic amines is 1. The normalized spacial score (nSPS) is 11.9. The molecular weight excluding hydrogens is 249 g/mol. The van der Waals surface area contributed by atoms with Gasteiger partial charge in [0.15, 0.2) is 5.69 Å². The van der Waals surface area contributed by atoms with Crippen LogP contribution in [0, 0.1) is 5.92 Å². The summed E-state index contributed by atoms with van der Waals surface area (Å²) in [6.45, 7) is 5.22. The van der Waals surface area contributed by atoms with E-state index in [-0.39, 0.29) is 18.2 Å². The van der Waals surface area contributed by atoms with E-state index >= 15 is 0 Å². The minimum Gasteiger partial charge on any atom is -0.462 e. The van der Waals surface area contributed by atoms with E-state index in [1.165, 1.54) is 6.92 Å². The Balaban J connectivity index is 3.21. The lowest BCUT2D eigenvalue weighted by Crippen LogP contribution is -2.16. The Morgan fingerprint density at radius 3 is 2.50 bits per heavy atom. The molecule has 1 N–H and O–H groups in total. The van der Waals surface area contributed by atoms with Crippen LogP contribution in [0.2, 0.25) is 0 Å². The Morgan fingerprint density at radius 2 is 2.06 bits per heavy atom. The number of esters is 1. The average Bonchev–Trinajstić information content (AvgIpc) is 2.60. The summed E-state index contributed by atoms with van der Waals surface area (Å²) < 4.78 is 42.8. The summed E-state index contributed by atoms with van der Waals surface area (Å²) >= 11 is 0. The summed E-state index contributed by atoms with van der Waals surface area (Å²) in [5.41, 5.74) is -1.55. The van der Waals surface area contributed by atoms with Crippen LogP contribution in [0.4, 0.5) is 13.2 Å². The number of rotatable bonds is 4. The van der Waals surface area contributed by atoms with Gasteiger partial charge in [0.05, 0.1) is 12.3 Å². The minimum absolute atomic E-state index is 0.0163. The summed E-state index contributed by atoms with van der Waals surface area (Å²) in [7, 11) is 0. The van der Waals surface area contributed by atoms with Gasteiger partial charge in [-0.1, -0.05) is 13.8 Å². The van der Waals surface area contributed by atoms with Crippen LogP contribution in [-0.4, -0.2) is 22.8 Å². The largest absolute Gasteiger partial charge is 0.462 e. The molecule has 0 aromatic carbocycles. The SMILES string of the molecule is CCOC(=O)c1c(C(F)(F)F)n[nH]c1CC(C)C. The first-order chi connectivity index (χ1) is 8.27. The third kappa shape index (κ3) is 3.24. The first-order valence-electron chi connectivity index (χ1n) is 5.58. The minimum atomic E-state index is -4.67. The molecule has 0 radical (unpaired) electrons. The van der Waals surface area contributed by atoms with Crippen molar-refractivity contribution < 1.29 is 22.7 Å². The topological polar surface area (TPSA) is 55.0 Å². The predicted octanol–water partition coefficient (Wildman–Crippen LogP) is 2.80. The summed E-state index contributed by atoms with van der Waals surface area (Å²) in [4.78, 5) is 11.6. The van der Waals surface area contributed by atoms with E-state index in [4.69, 9.17) is 0 Å². The highest BCUT2D eigenvalue weighted by atomic mass is 19.4. The zero-order valence-electron chi connectivity index (χ0n) is 10.4. The summed E-state index contributed by atoms with van der Waals surface area (Å²) in [5, 5.41) is 5.47. The molecule has 0 aliphatic rings. The van der Waals surface area contributed by atoms with Crippen molar-refractivity contribution in [3.8, 4) is 0 Å². The van der Waals surface area contributed by atoms with Crippen LogP contribution in [0.5, 0.6) is 0 Å². The Bertz CT molecular complexity index is 424. The lowest BCUT2D eigenvalue weighted by atomic mass is 10.0. The van der Waals surface area contributed by atoms with Crippen LogP contribution in [0.25, 0.3) is 0 Å². The standard InChI is InChI=1S/C11H15F3N2O2/c1-4-18-10(17)8-7(5-6(2)3)15-16-9(8)11(12,13)14/h6H,4-5H2,1-3H3,(H,15,16). The summed E-state index contributed by atoms with van der Waals surface area (Å²) in [6, 6.07) is 0. The first-order valence-corrected chi connectivity index (χ1v) is 5.58. The molecule has 0 spiro atoms. The molecule has 0 fully saturated rings. The van der Waals surface area contributed by atoms with Gasteiger partial charge >= 0.3 is 12.1 Å². The van der Waals surface area contributed by atoms with Gasteiger partial charge < -0.3 is 4.74 Å². The van der Waals surface area contributed by atoms with Crippen molar-refractivity contribution in [2.45, 2.75) is 33.4 Å². The maximum atomic E-state index is 12.7. The van der Waals surface area contributed by atoms with Crippen LogP contribution in [0.15, 0.2) is 0 Å². The van der Waals surface area contributed by atoms with Crippen LogP contribution in [-0.2, 0) is 17.3 Å². The predicted molar refractivity (Wildman–Crippen MR) is 58.1 cm³/mol. The Kier molecular flexibility index (Phi) is 4.37. The monoisotopic (exact) mass is 264 g/mol. The van der Waals surface area contributed by atoms with Gasteiger partial charge in [0.1, 0.15) is 5.56 Å². The molecule has 102 valence electrons. The third-order valence-corrected chi connectivity index (χ3v) is 2.20. The van der Waals surface area contributed by atoms with Crippen molar-refractivity contribution >= 4 is 5.97 Å². The van der Waals surface area contributed by atoms with Crippen LogP contribution in [0.1, 0.15) is 42.5 Å². The molecule has 0 unspecified atom stereocenters. The number of ether oxygens (including phenoxy) is 1. The van der Waals surface area contributed by atoms with Gasteiger partial charge in [-0.25, -0.2) is 4.79 Å². The molecule has 1 heterocycles. The number of carbonyl (C=O) groups excluding carboxylic acids is 1. The number of aromatic nitrogens is 2. The highest BCUT2D eigenvalue weighted by Crippen LogP contribution is 2.32. The number of nitrogens with one attached hydrogen (secondary N) is 1. The van der Waals surface area contributed by atoms with Gasteiger partial charge in [0, 0.05) is 0 Å². The molecule has 0 atom stereocenters. The lowest BCUT2D eigenvalue weighted by Gasteiger charge is -2.08. The number of hydrogen-bond donors (Lipinski definition) is 1. The zero-order valence-corrected chi connectivity index (χ0v) is 10.4. The number of alkyl halides is 3. The fourth-order valence-electron chi connectivity index (χ4n) is 1.56. The average molecular weight is 264 g/mol. The van der Waals surface area contributed by atoms with Gasteiger partial charge in [-0.15, -0.1) is 0 Å². The maximum Gasteiger partial charge on any atom is 0.436 e. The Labute approximate surface area is 103 Å². The van der Waals surface area contributed by atoms with Crippen molar-refractivity contribution in [1.29, 1.82) is 0 Å². The molecule has 1 aromatic heterocycles. The second-order valence-corrected chi connectivity index (χ2v) is 4.24. The Morgan fingerprint density at radius 1 is 1.44 bits per heavy atom. The molecule has 0 aliphatic carbocycles. The van der Waals surface area contributed by atoms with E-state index in [0.717, 1.165) is 0 Å². The van der Waals surface area contributed by atoms with Gasteiger partial charge in [-0.2, -0.15) is 18.3 Å². The maximum absolute atomic E-state index is 12.7. The highest BCUT2D eigenvalue weighted by molar-refractivity contribution is 5.92. The van der Waals surface area contributed by atoms with E-state index < -0.39 is 23.4 Å². The molecule has 4 nitrogen and oxygen atoms in total. The van der Waals surface area contributed by atoms with Crippen molar-refractivity contribution in [2.24, 2.45) is 5.92 Å². The highest BCUT2D eigenvalue weighted by Gasteiger charge is 2.40. The van der Waals surface area contributed by atoms with Crippen molar-refractivity contribution in [1.82, 2.24) is 10.2 Å². The third-order valence-electron chi connectivity index (χ3n) is 2.20. The van der Waals surface area contributed by atoms with Crippen LogP contribution in [0.3, 0.4) is 0 Å². The van der Waals surface area contributed by atoms with Crippen LogP contribution < -0.4 is 0 Å². The fourth-order valence-corrected chi connectivity index (χ4v) is 1.56. The molecule has 0 saturated heterocycles. The van der Waals surface area contributed by atoms with E-state index in [1.54, 1.807) is 0 Å². The molecule has 7 heteroatoms. The van der Waals surface area contributed by atoms with E-state index in [0.29, 0.717) is 6.42 Å². The first kappa shape index (κ1) is 14.5. The van der Waals surface area contributed by atoms with Crippen molar-refractivity contribution in [2.75, 3.05) is 6.61 Å². The summed E-state index contributed by atoms with van der Waals surface area (Å²) in [6.07, 6.45) is -4.37.